The van der Waals surface area contributed by atoms with Gasteiger partial charge in [-0.15, -0.1) is 0 Å². The maximum absolute atomic E-state index is 12.3. The molecule has 2 aliphatic heterocycles. The molecule has 2 fully saturated rings. The molecular formula is C13H19ClN4O. The van der Waals surface area contributed by atoms with Gasteiger partial charge in [0.25, 0.3) is 0 Å². The van der Waals surface area contributed by atoms with Gasteiger partial charge in [0.1, 0.15) is 6.54 Å². The van der Waals surface area contributed by atoms with E-state index in [1.807, 2.05) is 4.90 Å². The van der Waals surface area contributed by atoms with E-state index >= 15 is 0 Å². The van der Waals surface area contributed by atoms with Gasteiger partial charge < -0.3 is 10.2 Å². The fourth-order valence-corrected chi connectivity index (χ4v) is 3.35. The molecule has 6 heteroatoms. The number of nitrogens with one attached hydrogen (secondary N) is 1. The Bertz CT molecular complexity index is 467. The zero-order valence-corrected chi connectivity index (χ0v) is 11.7. The maximum atomic E-state index is 12.3. The summed E-state index contributed by atoms with van der Waals surface area (Å²) in [4.78, 5) is 14.2. The van der Waals surface area contributed by atoms with Crippen molar-refractivity contribution in [2.24, 2.45) is 5.41 Å². The summed E-state index contributed by atoms with van der Waals surface area (Å²) >= 11 is 5.80. The van der Waals surface area contributed by atoms with Gasteiger partial charge in [0.15, 0.2) is 0 Å². The van der Waals surface area contributed by atoms with Gasteiger partial charge in [0, 0.05) is 31.2 Å². The van der Waals surface area contributed by atoms with Crippen LogP contribution in [0, 0.1) is 5.41 Å². The molecule has 1 N–H and O–H groups in total. The third kappa shape index (κ3) is 2.77. The minimum Gasteiger partial charge on any atom is -0.340 e. The largest absolute Gasteiger partial charge is 0.340 e. The van der Waals surface area contributed by atoms with Crippen LogP contribution in [0.2, 0.25) is 5.02 Å². The Balaban J connectivity index is 1.59. The number of nitrogens with zero attached hydrogens (tertiary/aromatic N) is 3. The van der Waals surface area contributed by atoms with E-state index < -0.39 is 0 Å². The van der Waals surface area contributed by atoms with Crippen LogP contribution < -0.4 is 5.32 Å². The first-order valence-corrected chi connectivity index (χ1v) is 7.21. The van der Waals surface area contributed by atoms with Crippen molar-refractivity contribution in [1.29, 1.82) is 0 Å². The fraction of sp³-hybridized carbons (Fsp3) is 0.692. The lowest BCUT2D eigenvalue weighted by Crippen LogP contribution is -2.43. The van der Waals surface area contributed by atoms with Gasteiger partial charge in [-0.1, -0.05) is 11.6 Å². The van der Waals surface area contributed by atoms with Crippen LogP contribution in [0.3, 0.4) is 0 Å². The van der Waals surface area contributed by atoms with Crippen molar-refractivity contribution in [2.75, 3.05) is 26.2 Å². The first-order valence-electron chi connectivity index (χ1n) is 6.83. The summed E-state index contributed by atoms with van der Waals surface area (Å²) in [6, 6.07) is 0. The zero-order valence-electron chi connectivity index (χ0n) is 10.9. The summed E-state index contributed by atoms with van der Waals surface area (Å²) < 4.78 is 1.61. The molecule has 3 heterocycles. The summed E-state index contributed by atoms with van der Waals surface area (Å²) in [5.41, 5.74) is 0.315. The van der Waals surface area contributed by atoms with E-state index in [0.29, 0.717) is 10.4 Å². The minimum absolute atomic E-state index is 0.141. The number of rotatable bonds is 2. The van der Waals surface area contributed by atoms with E-state index in [0.717, 1.165) is 32.6 Å². The lowest BCUT2D eigenvalue weighted by Gasteiger charge is -2.33. The summed E-state index contributed by atoms with van der Waals surface area (Å²) in [5.74, 6) is 0.141. The highest BCUT2D eigenvalue weighted by Gasteiger charge is 2.40. The second-order valence-corrected chi connectivity index (χ2v) is 6.14. The predicted octanol–water partition coefficient (Wildman–Crippen LogP) is 1.14. The highest BCUT2D eigenvalue weighted by molar-refractivity contribution is 6.30. The minimum atomic E-state index is 0.141. The van der Waals surface area contributed by atoms with Crippen LogP contribution in [-0.4, -0.2) is 46.8 Å². The molecule has 0 radical (unpaired) electrons. The van der Waals surface area contributed by atoms with Crippen LogP contribution in [0.5, 0.6) is 0 Å². The quantitative estimate of drug-likeness (QED) is 0.885. The summed E-state index contributed by atoms with van der Waals surface area (Å²) in [6.07, 6.45) is 6.82. The molecule has 1 aromatic rings. The van der Waals surface area contributed by atoms with Crippen LogP contribution in [0.25, 0.3) is 0 Å². The van der Waals surface area contributed by atoms with E-state index in [4.69, 9.17) is 11.6 Å². The van der Waals surface area contributed by atoms with Crippen LogP contribution in [0.15, 0.2) is 12.4 Å². The third-order valence-electron chi connectivity index (χ3n) is 4.25. The number of halogens is 1. The SMILES string of the molecule is O=C(Cn1cc(Cl)cn1)N1CC[C@@]2(CCCNC2)C1. The highest BCUT2D eigenvalue weighted by Crippen LogP contribution is 2.36. The molecule has 5 nitrogen and oxygen atoms in total. The Morgan fingerprint density at radius 3 is 3.11 bits per heavy atom. The monoisotopic (exact) mass is 282 g/mol. The van der Waals surface area contributed by atoms with Crippen LogP contribution in [-0.2, 0) is 11.3 Å². The van der Waals surface area contributed by atoms with Crippen molar-refractivity contribution in [3.63, 3.8) is 0 Å². The molecule has 0 aromatic carbocycles. The van der Waals surface area contributed by atoms with Crippen molar-refractivity contribution in [3.8, 4) is 0 Å². The summed E-state index contributed by atoms with van der Waals surface area (Å²) in [7, 11) is 0. The Morgan fingerprint density at radius 1 is 1.53 bits per heavy atom. The van der Waals surface area contributed by atoms with E-state index in [-0.39, 0.29) is 12.5 Å². The summed E-state index contributed by atoms with van der Waals surface area (Å²) in [6.45, 7) is 4.20. The summed E-state index contributed by atoms with van der Waals surface area (Å²) in [5, 5.41) is 8.08. The Morgan fingerprint density at radius 2 is 2.42 bits per heavy atom. The van der Waals surface area contributed by atoms with Gasteiger partial charge in [-0.2, -0.15) is 5.10 Å². The van der Waals surface area contributed by atoms with Crippen molar-refractivity contribution >= 4 is 17.5 Å². The Kier molecular flexibility index (Phi) is 3.50. The van der Waals surface area contributed by atoms with E-state index in [2.05, 4.69) is 10.4 Å². The van der Waals surface area contributed by atoms with Crippen molar-refractivity contribution < 1.29 is 4.79 Å². The second-order valence-electron chi connectivity index (χ2n) is 5.70. The number of likely N-dealkylation sites (tertiary alicyclic amines) is 1. The standard InChI is InChI=1S/C13H19ClN4O/c14-11-6-16-18(7-11)8-12(19)17-5-3-13(10-17)2-1-4-15-9-13/h6-7,15H,1-5,8-10H2/t13-/m1/s1. The first kappa shape index (κ1) is 12.9. The van der Waals surface area contributed by atoms with Gasteiger partial charge in [-0.3, -0.25) is 9.48 Å². The van der Waals surface area contributed by atoms with Gasteiger partial charge in [0.05, 0.1) is 11.2 Å². The topological polar surface area (TPSA) is 50.2 Å². The average molecular weight is 283 g/mol. The van der Waals surface area contributed by atoms with Gasteiger partial charge in [-0.05, 0) is 25.8 Å². The first-order chi connectivity index (χ1) is 9.17. The molecule has 2 saturated heterocycles. The average Bonchev–Trinajstić information content (AvgIpc) is 2.98. The molecule has 3 rings (SSSR count). The predicted molar refractivity (Wildman–Crippen MR) is 73.0 cm³/mol. The molecule has 1 amide bonds. The Labute approximate surface area is 117 Å². The molecule has 1 atom stereocenters. The second kappa shape index (κ2) is 5.13. The van der Waals surface area contributed by atoms with Gasteiger partial charge >= 0.3 is 0 Å². The van der Waals surface area contributed by atoms with E-state index in [9.17, 15) is 4.79 Å². The fourth-order valence-electron chi connectivity index (χ4n) is 3.19. The van der Waals surface area contributed by atoms with Gasteiger partial charge in [-0.25, -0.2) is 0 Å². The lowest BCUT2D eigenvalue weighted by molar-refractivity contribution is -0.131. The molecule has 0 aliphatic carbocycles. The van der Waals surface area contributed by atoms with E-state index in [1.54, 1.807) is 17.1 Å². The number of amides is 1. The van der Waals surface area contributed by atoms with Crippen LogP contribution >= 0.6 is 11.6 Å². The zero-order chi connectivity index (χ0) is 13.3. The van der Waals surface area contributed by atoms with E-state index in [1.165, 1.54) is 12.8 Å². The third-order valence-corrected chi connectivity index (χ3v) is 4.45. The highest BCUT2D eigenvalue weighted by atomic mass is 35.5. The number of hydrogen-bond acceptors (Lipinski definition) is 3. The molecular weight excluding hydrogens is 264 g/mol. The van der Waals surface area contributed by atoms with Crippen molar-refractivity contribution in [1.82, 2.24) is 20.0 Å². The number of carbonyl (C=O) groups excluding carboxylic acids is 1. The lowest BCUT2D eigenvalue weighted by atomic mass is 9.80. The normalized spacial score (nSPS) is 27.1. The smallest absolute Gasteiger partial charge is 0.244 e. The molecule has 104 valence electrons. The number of piperidine rings is 1. The number of aromatic nitrogens is 2. The molecule has 19 heavy (non-hydrogen) atoms. The molecule has 1 aromatic heterocycles. The molecule has 0 unspecified atom stereocenters. The number of carbonyl (C=O) groups is 1. The maximum Gasteiger partial charge on any atom is 0.244 e. The van der Waals surface area contributed by atoms with Crippen LogP contribution in [0.1, 0.15) is 19.3 Å². The molecule has 0 bridgehead atoms. The van der Waals surface area contributed by atoms with Gasteiger partial charge in [0.2, 0.25) is 5.91 Å². The molecule has 2 aliphatic rings. The number of hydrogen-bond donors (Lipinski definition) is 1. The van der Waals surface area contributed by atoms with Crippen molar-refractivity contribution in [3.05, 3.63) is 17.4 Å². The Hall–Kier alpha value is -1.07. The van der Waals surface area contributed by atoms with Crippen molar-refractivity contribution in [2.45, 2.75) is 25.8 Å². The molecule has 0 saturated carbocycles. The molecule has 1 spiro atoms. The van der Waals surface area contributed by atoms with Crippen LogP contribution in [0.4, 0.5) is 0 Å².